The van der Waals surface area contributed by atoms with Gasteiger partial charge >= 0.3 is 0 Å². The van der Waals surface area contributed by atoms with E-state index in [-0.39, 0.29) is 5.91 Å². The van der Waals surface area contributed by atoms with Crippen LogP contribution in [-0.4, -0.2) is 26.4 Å². The first-order valence-corrected chi connectivity index (χ1v) is 9.27. The molecule has 0 aliphatic carbocycles. The van der Waals surface area contributed by atoms with Gasteiger partial charge in [-0.25, -0.2) is 0 Å². The third-order valence-electron chi connectivity index (χ3n) is 3.79. The molecule has 0 saturated carbocycles. The fourth-order valence-corrected chi connectivity index (χ4v) is 4.44. The van der Waals surface area contributed by atoms with Gasteiger partial charge in [-0.05, 0) is 12.1 Å². The fraction of sp³-hybridized carbons (Fsp3) is 0.118. The quantitative estimate of drug-likeness (QED) is 0.560. The van der Waals surface area contributed by atoms with Crippen LogP contribution in [0.15, 0.2) is 52.9 Å². The molecule has 0 bridgehead atoms. The van der Waals surface area contributed by atoms with Crippen molar-refractivity contribution >= 4 is 55.9 Å². The summed E-state index contributed by atoms with van der Waals surface area (Å²) in [7, 11) is 0. The number of fused-ring (bicyclic) bond motifs is 3. The van der Waals surface area contributed by atoms with E-state index in [1.807, 2.05) is 41.0 Å². The lowest BCUT2D eigenvalue weighted by atomic mass is 10.2. The van der Waals surface area contributed by atoms with Gasteiger partial charge in [0.05, 0.1) is 11.0 Å². The number of rotatable bonds is 4. The van der Waals surface area contributed by atoms with Crippen LogP contribution in [0.4, 0.5) is 5.13 Å². The summed E-state index contributed by atoms with van der Waals surface area (Å²) in [6.45, 7) is 0. The van der Waals surface area contributed by atoms with Crippen molar-refractivity contribution in [3.8, 4) is 0 Å². The molecule has 4 rings (SSSR count). The maximum absolute atomic E-state index is 12.8. The van der Waals surface area contributed by atoms with Gasteiger partial charge in [0.2, 0.25) is 11.0 Å². The zero-order valence-corrected chi connectivity index (χ0v) is 14.3. The lowest BCUT2D eigenvalue weighted by Gasteiger charge is -2.05. The first-order chi connectivity index (χ1) is 11.7. The minimum absolute atomic E-state index is 0.0809. The third kappa shape index (κ3) is 2.65. The molecular weight excluding hydrogens is 340 g/mol. The van der Waals surface area contributed by atoms with Crippen molar-refractivity contribution in [1.29, 1.82) is 0 Å². The van der Waals surface area contributed by atoms with Gasteiger partial charge in [0.1, 0.15) is 0 Å². The number of thioether (sulfide) groups is 1. The minimum Gasteiger partial charge on any atom is -0.374 e. The molecule has 120 valence electrons. The number of hydrogen-bond donors (Lipinski definition) is 1. The summed E-state index contributed by atoms with van der Waals surface area (Å²) in [5, 5.41) is 10.4. The molecule has 0 fully saturated rings. The second-order valence-electron chi connectivity index (χ2n) is 5.27. The Bertz CT molecular complexity index is 984. The number of nitrogens with two attached hydrogens (primary N) is 1. The molecule has 0 aliphatic rings. The highest BCUT2D eigenvalue weighted by atomic mass is 32.2. The molecule has 4 aromatic rings. The van der Waals surface area contributed by atoms with Crippen LogP contribution in [-0.2, 0) is 0 Å². The highest BCUT2D eigenvalue weighted by molar-refractivity contribution is 8.01. The molecule has 0 amide bonds. The van der Waals surface area contributed by atoms with Gasteiger partial charge in [-0.1, -0.05) is 59.5 Å². The van der Waals surface area contributed by atoms with E-state index in [9.17, 15) is 4.79 Å². The second kappa shape index (κ2) is 6.26. The van der Waals surface area contributed by atoms with Crippen LogP contribution >= 0.6 is 23.1 Å². The summed E-state index contributed by atoms with van der Waals surface area (Å²) in [4.78, 5) is 12.8. The summed E-state index contributed by atoms with van der Waals surface area (Å²) in [5.41, 5.74) is 7.48. The topological polar surface area (TPSA) is 73.8 Å². The van der Waals surface area contributed by atoms with Crippen LogP contribution in [0.5, 0.6) is 0 Å². The Morgan fingerprint density at radius 1 is 1.04 bits per heavy atom. The molecule has 2 N–H and O–H groups in total. The number of hydrogen-bond acceptors (Lipinski definition) is 6. The maximum atomic E-state index is 12.8. The normalized spacial score (nSPS) is 11.3. The summed E-state index contributed by atoms with van der Waals surface area (Å²) in [6, 6.07) is 16.0. The monoisotopic (exact) mass is 354 g/mol. The van der Waals surface area contributed by atoms with E-state index in [1.165, 1.54) is 23.1 Å². The van der Waals surface area contributed by atoms with E-state index in [2.05, 4.69) is 22.3 Å². The Balaban J connectivity index is 1.63. The molecule has 5 nitrogen and oxygen atoms in total. The van der Waals surface area contributed by atoms with E-state index in [0.717, 1.165) is 26.1 Å². The molecule has 0 radical (unpaired) electrons. The lowest BCUT2D eigenvalue weighted by Crippen LogP contribution is -2.10. The summed E-state index contributed by atoms with van der Waals surface area (Å²) < 4.78 is 2.61. The van der Waals surface area contributed by atoms with Crippen LogP contribution < -0.4 is 5.73 Å². The van der Waals surface area contributed by atoms with Crippen LogP contribution in [0.1, 0.15) is 11.2 Å². The molecule has 2 heterocycles. The van der Waals surface area contributed by atoms with Crippen molar-refractivity contribution in [3.05, 3.63) is 48.5 Å². The van der Waals surface area contributed by atoms with E-state index in [1.54, 1.807) is 0 Å². The van der Waals surface area contributed by atoms with Gasteiger partial charge in [-0.3, -0.25) is 9.36 Å². The van der Waals surface area contributed by atoms with Crippen molar-refractivity contribution in [2.75, 3.05) is 11.5 Å². The van der Waals surface area contributed by atoms with Gasteiger partial charge in [0.25, 0.3) is 0 Å². The van der Waals surface area contributed by atoms with E-state index in [0.29, 0.717) is 17.3 Å². The van der Waals surface area contributed by atoms with E-state index >= 15 is 0 Å². The fourth-order valence-electron chi connectivity index (χ4n) is 2.81. The van der Waals surface area contributed by atoms with Crippen LogP contribution in [0.2, 0.25) is 0 Å². The average molecular weight is 354 g/mol. The molecule has 0 aliphatic heterocycles. The van der Waals surface area contributed by atoms with Crippen LogP contribution in [0.3, 0.4) is 0 Å². The molecule has 2 aromatic heterocycles. The maximum Gasteiger partial charge on any atom is 0.232 e. The highest BCUT2D eigenvalue weighted by Gasteiger charge is 2.15. The Kier molecular flexibility index (Phi) is 3.95. The number of carbonyl (C=O) groups excluding carboxylic acids is 1. The number of nitrogens with zero attached hydrogens (tertiary/aromatic N) is 3. The van der Waals surface area contributed by atoms with Crippen LogP contribution in [0.25, 0.3) is 21.8 Å². The Labute approximate surface area is 146 Å². The van der Waals surface area contributed by atoms with Gasteiger partial charge in [-0.2, -0.15) is 0 Å². The van der Waals surface area contributed by atoms with Crippen molar-refractivity contribution in [3.63, 3.8) is 0 Å². The van der Waals surface area contributed by atoms with Crippen LogP contribution in [0, 0.1) is 0 Å². The average Bonchev–Trinajstić information content (AvgIpc) is 3.16. The number of aromatic nitrogens is 3. The van der Waals surface area contributed by atoms with Gasteiger partial charge in [0, 0.05) is 22.9 Å². The molecule has 2 aromatic carbocycles. The Morgan fingerprint density at radius 3 is 2.25 bits per heavy atom. The van der Waals surface area contributed by atoms with Gasteiger partial charge in [-0.15, -0.1) is 10.2 Å². The molecule has 0 atom stereocenters. The highest BCUT2D eigenvalue weighted by Crippen LogP contribution is 2.29. The van der Waals surface area contributed by atoms with Gasteiger partial charge < -0.3 is 5.73 Å². The van der Waals surface area contributed by atoms with Crippen molar-refractivity contribution in [2.45, 2.75) is 10.8 Å². The number of benzene rings is 2. The predicted octanol–water partition coefficient (Wildman–Crippen LogP) is 4.05. The Hall–Kier alpha value is -2.38. The van der Waals surface area contributed by atoms with Crippen molar-refractivity contribution in [1.82, 2.24) is 14.8 Å². The zero-order valence-electron chi connectivity index (χ0n) is 12.7. The minimum atomic E-state index is 0.0809. The van der Waals surface area contributed by atoms with Crippen molar-refractivity contribution < 1.29 is 4.79 Å². The first-order valence-electron chi connectivity index (χ1n) is 7.47. The largest absolute Gasteiger partial charge is 0.374 e. The summed E-state index contributed by atoms with van der Waals surface area (Å²) in [6.07, 6.45) is 0.423. The first kappa shape index (κ1) is 15.2. The smallest absolute Gasteiger partial charge is 0.232 e. The van der Waals surface area contributed by atoms with Gasteiger partial charge in [0.15, 0.2) is 4.34 Å². The van der Waals surface area contributed by atoms with E-state index < -0.39 is 0 Å². The number of carbonyl (C=O) groups is 1. The molecule has 0 saturated heterocycles. The second-order valence-corrected chi connectivity index (χ2v) is 7.62. The summed E-state index contributed by atoms with van der Waals surface area (Å²) in [5.74, 6) is 0.728. The zero-order chi connectivity index (χ0) is 16.5. The van der Waals surface area contributed by atoms with E-state index in [4.69, 9.17) is 5.73 Å². The lowest BCUT2D eigenvalue weighted by molar-refractivity contribution is 0.0920. The Morgan fingerprint density at radius 2 is 1.67 bits per heavy atom. The predicted molar refractivity (Wildman–Crippen MR) is 99.7 cm³/mol. The molecule has 7 heteroatoms. The molecular formula is C17H14N4OS2. The number of para-hydroxylation sites is 2. The third-order valence-corrected chi connectivity index (χ3v) is 5.68. The molecule has 0 unspecified atom stereocenters. The van der Waals surface area contributed by atoms with Crippen molar-refractivity contribution in [2.24, 2.45) is 0 Å². The standard InChI is InChI=1S/C17H14N4OS2/c18-16-19-20-17(24-16)23-10-9-15(22)21-13-7-3-1-5-11(13)12-6-2-4-8-14(12)21/h1-8H,9-10H2,(H2,18,19). The SMILES string of the molecule is Nc1nnc(SCCC(=O)n2c3ccccc3c3ccccc32)s1. The summed E-state index contributed by atoms with van der Waals surface area (Å²) >= 11 is 2.85. The number of nitrogen functional groups attached to an aromatic ring is 1. The molecule has 0 spiro atoms. The molecule has 24 heavy (non-hydrogen) atoms. The number of anilines is 1.